The molecule has 0 saturated carbocycles. The molecule has 0 bridgehead atoms. The van der Waals surface area contributed by atoms with Crippen LogP contribution in [-0.2, 0) is 9.53 Å². The van der Waals surface area contributed by atoms with Crippen molar-refractivity contribution in [3.05, 3.63) is 0 Å². The number of rotatable bonds is 6. The van der Waals surface area contributed by atoms with Gasteiger partial charge in [0.15, 0.2) is 0 Å². The third-order valence-corrected chi connectivity index (χ3v) is 1.83. The van der Waals surface area contributed by atoms with Gasteiger partial charge in [0, 0.05) is 20.8 Å². The van der Waals surface area contributed by atoms with Gasteiger partial charge in [0.1, 0.15) is 11.4 Å². The second-order valence-corrected chi connectivity index (χ2v) is 4.82. The molecule has 1 N–H and O–H groups in total. The zero-order valence-electron chi connectivity index (χ0n) is 10.8. The molecule has 0 aliphatic carbocycles. The molecule has 0 saturated heterocycles. The van der Waals surface area contributed by atoms with Crippen molar-refractivity contribution in [1.29, 1.82) is 0 Å². The molecule has 0 aromatic heterocycles. The molecule has 0 spiro atoms. The summed E-state index contributed by atoms with van der Waals surface area (Å²) in [7, 11) is 0. The highest BCUT2D eigenvalue weighted by molar-refractivity contribution is 5.78. The zero-order valence-corrected chi connectivity index (χ0v) is 10.8. The average molecular weight is 231 g/mol. The zero-order chi connectivity index (χ0) is 12.6. The first kappa shape index (κ1) is 14.9. The van der Waals surface area contributed by atoms with Crippen LogP contribution in [0.3, 0.4) is 0 Å². The molecule has 0 atom stereocenters. The number of amides is 1. The van der Waals surface area contributed by atoms with Crippen LogP contribution in [0.2, 0.25) is 0 Å². The lowest BCUT2D eigenvalue weighted by molar-refractivity contribution is -0.119. The van der Waals surface area contributed by atoms with E-state index >= 15 is 0 Å². The Kier molecular flexibility index (Phi) is 6.77. The quantitative estimate of drug-likeness (QED) is 0.715. The summed E-state index contributed by atoms with van der Waals surface area (Å²) in [5.74, 6) is 0.258. The molecule has 96 valence electrons. The topological polar surface area (TPSA) is 55.4 Å². The first-order chi connectivity index (χ1) is 7.35. The second-order valence-electron chi connectivity index (χ2n) is 4.82. The summed E-state index contributed by atoms with van der Waals surface area (Å²) in [5.41, 5.74) is -0.470. The molecular weight excluding hydrogens is 206 g/mol. The van der Waals surface area contributed by atoms with Crippen molar-refractivity contribution in [3.63, 3.8) is 0 Å². The lowest BCUT2D eigenvalue weighted by atomic mass is 10.1. The second kappa shape index (κ2) is 7.25. The van der Waals surface area contributed by atoms with Gasteiger partial charge in [-0.05, 0) is 33.6 Å². The molecule has 0 aromatic carbocycles. The fourth-order valence-corrected chi connectivity index (χ4v) is 1.19. The fourth-order valence-electron chi connectivity index (χ4n) is 1.19. The summed E-state index contributed by atoms with van der Waals surface area (Å²) < 4.78 is 5.06. The van der Waals surface area contributed by atoms with Crippen molar-refractivity contribution < 1.29 is 15.8 Å². The van der Waals surface area contributed by atoms with Gasteiger partial charge in [-0.3, -0.25) is 4.79 Å². The number of alkyl carbamates (subject to hydrolysis) is 1. The van der Waals surface area contributed by atoms with Crippen molar-refractivity contribution >= 4 is 11.9 Å². The van der Waals surface area contributed by atoms with Crippen molar-refractivity contribution in [2.45, 2.75) is 59.0 Å². The predicted octanol–water partition coefficient (Wildman–Crippen LogP) is 2.91. The Morgan fingerprint density at radius 1 is 1.25 bits per heavy atom. The van der Waals surface area contributed by atoms with E-state index in [4.69, 9.17) is 4.74 Å². The minimum atomic E-state index is -0.470. The van der Waals surface area contributed by atoms with E-state index in [1.54, 1.807) is 0 Å². The normalized spacial score (nSPS) is 11.0. The van der Waals surface area contributed by atoms with Crippen LogP contribution in [0, 0.1) is 0 Å². The molecule has 0 fully saturated rings. The third kappa shape index (κ3) is 9.49. The highest BCUT2D eigenvalue weighted by atomic mass is 16.6. The number of carbonyl (C=O) groups excluding carboxylic acids is 2. The third-order valence-electron chi connectivity index (χ3n) is 1.83. The van der Waals surface area contributed by atoms with E-state index in [1.165, 1.54) is 0 Å². The molecule has 4 nitrogen and oxygen atoms in total. The van der Waals surface area contributed by atoms with Crippen molar-refractivity contribution in [2.75, 3.05) is 6.54 Å². The molecular formula is C12H25NO3. The van der Waals surface area contributed by atoms with Crippen LogP contribution < -0.4 is 5.32 Å². The van der Waals surface area contributed by atoms with E-state index in [9.17, 15) is 9.59 Å². The number of Topliss-reactive ketones (excluding diaryl/α,β-unsaturated/α-hetero) is 1. The standard InChI is InChI=1S/C12H23NO3.H2/c1-5-7-10(14)8-6-9-13-11(15)16-12(2,3)4;/h5-9H2,1-4H3,(H,13,15);1H. The van der Waals surface area contributed by atoms with Gasteiger partial charge in [0.05, 0.1) is 0 Å². The summed E-state index contributed by atoms with van der Waals surface area (Å²) >= 11 is 0. The smallest absolute Gasteiger partial charge is 0.407 e. The summed E-state index contributed by atoms with van der Waals surface area (Å²) in [6.07, 6.45) is 2.31. The molecule has 4 heteroatoms. The Morgan fingerprint density at radius 3 is 2.38 bits per heavy atom. The molecule has 0 heterocycles. The maximum atomic E-state index is 11.2. The van der Waals surface area contributed by atoms with Crippen LogP contribution in [0.1, 0.15) is 54.8 Å². The van der Waals surface area contributed by atoms with Gasteiger partial charge in [0.25, 0.3) is 0 Å². The lowest BCUT2D eigenvalue weighted by Gasteiger charge is -2.19. The van der Waals surface area contributed by atoms with Gasteiger partial charge in [0.2, 0.25) is 0 Å². The maximum Gasteiger partial charge on any atom is 0.407 e. The molecule has 1 amide bonds. The van der Waals surface area contributed by atoms with Crippen LogP contribution in [-0.4, -0.2) is 24.0 Å². The Morgan fingerprint density at radius 2 is 1.88 bits per heavy atom. The Bertz CT molecular complexity index is 236. The minimum Gasteiger partial charge on any atom is -0.444 e. The minimum absolute atomic E-state index is 0. The van der Waals surface area contributed by atoms with Crippen LogP contribution in [0.25, 0.3) is 0 Å². The van der Waals surface area contributed by atoms with Crippen LogP contribution in [0.15, 0.2) is 0 Å². The number of ketones is 1. The largest absolute Gasteiger partial charge is 0.444 e. The summed E-state index contributed by atoms with van der Waals surface area (Å²) in [6.45, 7) is 7.92. The number of hydrogen-bond acceptors (Lipinski definition) is 3. The highest BCUT2D eigenvalue weighted by Gasteiger charge is 2.15. The van der Waals surface area contributed by atoms with Gasteiger partial charge in [-0.15, -0.1) is 0 Å². The predicted molar refractivity (Wildman–Crippen MR) is 65.5 cm³/mol. The van der Waals surface area contributed by atoms with E-state index in [0.717, 1.165) is 6.42 Å². The molecule has 0 unspecified atom stereocenters. The van der Waals surface area contributed by atoms with Crippen molar-refractivity contribution in [2.24, 2.45) is 0 Å². The van der Waals surface area contributed by atoms with E-state index in [0.29, 0.717) is 25.8 Å². The van der Waals surface area contributed by atoms with Crippen molar-refractivity contribution in [3.8, 4) is 0 Å². The van der Waals surface area contributed by atoms with Crippen molar-refractivity contribution in [1.82, 2.24) is 5.32 Å². The number of nitrogens with one attached hydrogen (secondary N) is 1. The summed E-state index contributed by atoms with van der Waals surface area (Å²) in [5, 5.41) is 2.62. The molecule has 0 aliphatic rings. The van der Waals surface area contributed by atoms with Gasteiger partial charge >= 0.3 is 6.09 Å². The lowest BCUT2D eigenvalue weighted by Crippen LogP contribution is -2.33. The van der Waals surface area contributed by atoms with Gasteiger partial charge < -0.3 is 10.1 Å². The first-order valence-electron chi connectivity index (χ1n) is 5.83. The maximum absolute atomic E-state index is 11.2. The fraction of sp³-hybridized carbons (Fsp3) is 0.833. The number of carbonyl (C=O) groups is 2. The molecule has 0 aliphatic heterocycles. The molecule has 0 rings (SSSR count). The Labute approximate surface area is 99.2 Å². The Hall–Kier alpha value is -1.06. The molecule has 16 heavy (non-hydrogen) atoms. The average Bonchev–Trinajstić information content (AvgIpc) is 2.10. The van der Waals surface area contributed by atoms with Crippen LogP contribution in [0.4, 0.5) is 4.79 Å². The summed E-state index contributed by atoms with van der Waals surface area (Å²) in [6, 6.07) is 0. The summed E-state index contributed by atoms with van der Waals surface area (Å²) in [4.78, 5) is 22.4. The van der Waals surface area contributed by atoms with E-state index < -0.39 is 11.7 Å². The molecule has 0 aromatic rings. The van der Waals surface area contributed by atoms with Gasteiger partial charge in [-0.25, -0.2) is 4.79 Å². The monoisotopic (exact) mass is 231 g/mol. The van der Waals surface area contributed by atoms with Crippen LogP contribution in [0.5, 0.6) is 0 Å². The van der Waals surface area contributed by atoms with E-state index in [1.807, 2.05) is 27.7 Å². The molecule has 0 radical (unpaired) electrons. The number of hydrogen-bond donors (Lipinski definition) is 1. The van der Waals surface area contributed by atoms with Crippen LogP contribution >= 0.6 is 0 Å². The SMILES string of the molecule is CCCC(=O)CCCNC(=O)OC(C)(C)C.[HH]. The van der Waals surface area contributed by atoms with E-state index in [2.05, 4.69) is 5.32 Å². The van der Waals surface area contributed by atoms with E-state index in [-0.39, 0.29) is 7.21 Å². The van der Waals surface area contributed by atoms with Gasteiger partial charge in [-0.1, -0.05) is 6.92 Å². The Balaban J connectivity index is 0. The highest BCUT2D eigenvalue weighted by Crippen LogP contribution is 2.06. The van der Waals surface area contributed by atoms with Gasteiger partial charge in [-0.2, -0.15) is 0 Å². The first-order valence-corrected chi connectivity index (χ1v) is 5.83. The number of ether oxygens (including phenoxy) is 1.